The predicted octanol–water partition coefficient (Wildman–Crippen LogP) is 15.3. The van der Waals surface area contributed by atoms with Gasteiger partial charge in [0, 0.05) is 47.6 Å². The molecule has 0 unspecified atom stereocenters. The molecule has 4 nitrogen and oxygen atoms in total. The molecule has 0 amide bonds. The summed E-state index contributed by atoms with van der Waals surface area (Å²) in [4.78, 5) is 15.9. The van der Waals surface area contributed by atoms with Gasteiger partial charge >= 0.3 is 0 Å². The maximum Gasteiger partial charge on any atom is 0.166 e. The summed E-state index contributed by atoms with van der Waals surface area (Å²) in [5.74, 6) is 1.84. The summed E-state index contributed by atoms with van der Waals surface area (Å²) in [5.41, 5.74) is 12.9. The maximum atomic E-state index is 5.38. The highest BCUT2D eigenvalue weighted by atomic mass is 32.1. The highest BCUT2D eigenvalue weighted by Gasteiger charge is 2.23. The number of para-hydroxylation sites is 1. The van der Waals surface area contributed by atoms with Crippen molar-refractivity contribution >= 4 is 53.3 Å². The lowest BCUT2D eigenvalue weighted by atomic mass is 9.90. The van der Waals surface area contributed by atoms with Crippen molar-refractivity contribution in [3.63, 3.8) is 0 Å². The van der Waals surface area contributed by atoms with Gasteiger partial charge in [0.2, 0.25) is 0 Å². The minimum absolute atomic E-state index is 0.600. The Bertz CT molecular complexity index is 3560. The normalized spacial score (nSPS) is 11.5. The summed E-state index contributed by atoms with van der Waals surface area (Å²) in [6.07, 6.45) is 0. The van der Waals surface area contributed by atoms with Crippen molar-refractivity contribution in [2.24, 2.45) is 0 Å². The van der Waals surface area contributed by atoms with Gasteiger partial charge < -0.3 is 4.57 Å². The number of fused-ring (bicyclic) bond motifs is 7. The second-order valence-corrected chi connectivity index (χ2v) is 16.6. The van der Waals surface area contributed by atoms with Crippen molar-refractivity contribution in [2.75, 3.05) is 0 Å². The average Bonchev–Trinajstić information content (AvgIpc) is 3.90. The number of hydrogen-bond donors (Lipinski definition) is 0. The van der Waals surface area contributed by atoms with Gasteiger partial charge in [0.15, 0.2) is 17.5 Å². The van der Waals surface area contributed by atoms with E-state index in [1.54, 1.807) is 0 Å². The quantitative estimate of drug-likeness (QED) is 0.161. The molecule has 0 fully saturated rings. The molecule has 3 heterocycles. The third-order valence-electron chi connectivity index (χ3n) is 11.9. The Labute approximate surface area is 362 Å². The number of benzene rings is 9. The van der Waals surface area contributed by atoms with Crippen molar-refractivity contribution < 1.29 is 0 Å². The van der Waals surface area contributed by atoms with Crippen LogP contribution >= 0.6 is 11.3 Å². The third kappa shape index (κ3) is 6.09. The molecule has 12 rings (SSSR count). The van der Waals surface area contributed by atoms with Crippen LogP contribution in [0.15, 0.2) is 218 Å². The van der Waals surface area contributed by atoms with E-state index in [0.29, 0.717) is 17.5 Å². The molecule has 62 heavy (non-hydrogen) atoms. The standard InChI is InChI=1S/C57H36N4S/c1-5-17-37(18-6-1)41-29-31-43(38-19-7-2-8-20-38)47(35-41)42-30-33-50(48(36-42)57-59-55(39-21-9-3-10-22-39)58-56(60-57)40-23-11-4-12-24-40)61-49-27-15-13-25-44(49)45-32-34-52-53(54(45)61)46-26-14-16-28-51(46)62-52/h1-36H. The third-order valence-corrected chi connectivity index (χ3v) is 13.0. The van der Waals surface area contributed by atoms with Gasteiger partial charge in [0.25, 0.3) is 0 Å². The molecule has 0 saturated carbocycles. The summed E-state index contributed by atoms with van der Waals surface area (Å²) < 4.78 is 4.98. The smallest absolute Gasteiger partial charge is 0.166 e. The molecule has 0 radical (unpaired) electrons. The number of thiophene rings is 1. The van der Waals surface area contributed by atoms with Crippen molar-refractivity contribution in [1.82, 2.24) is 19.5 Å². The van der Waals surface area contributed by atoms with Crippen LogP contribution in [-0.4, -0.2) is 19.5 Å². The fraction of sp³-hybridized carbons (Fsp3) is 0. The minimum Gasteiger partial charge on any atom is -0.308 e. The monoisotopic (exact) mass is 808 g/mol. The van der Waals surface area contributed by atoms with Crippen molar-refractivity contribution in [3.8, 4) is 73.2 Å². The van der Waals surface area contributed by atoms with Crippen molar-refractivity contribution in [1.29, 1.82) is 0 Å². The summed E-state index contributed by atoms with van der Waals surface area (Å²) in [6.45, 7) is 0. The first-order chi connectivity index (χ1) is 30.7. The van der Waals surface area contributed by atoms with Gasteiger partial charge in [-0.1, -0.05) is 182 Å². The Balaban J connectivity index is 1.21. The molecule has 0 atom stereocenters. The zero-order valence-corrected chi connectivity index (χ0v) is 34.3. The summed E-state index contributed by atoms with van der Waals surface area (Å²) >= 11 is 1.84. The van der Waals surface area contributed by atoms with Crippen LogP contribution in [0.4, 0.5) is 0 Å². The molecule has 0 aliphatic carbocycles. The van der Waals surface area contributed by atoms with Gasteiger partial charge in [-0.25, -0.2) is 15.0 Å². The Hall–Kier alpha value is -7.99. The van der Waals surface area contributed by atoms with Gasteiger partial charge in [-0.05, 0) is 69.8 Å². The van der Waals surface area contributed by atoms with Crippen LogP contribution in [0.5, 0.6) is 0 Å². The Morgan fingerprint density at radius 3 is 1.56 bits per heavy atom. The van der Waals surface area contributed by atoms with E-state index in [-0.39, 0.29) is 0 Å². The summed E-state index contributed by atoms with van der Waals surface area (Å²) in [7, 11) is 0. The summed E-state index contributed by atoms with van der Waals surface area (Å²) in [6, 6.07) is 77.5. The van der Waals surface area contributed by atoms with E-state index < -0.39 is 0 Å². The lowest BCUT2D eigenvalue weighted by Gasteiger charge is -2.18. The molecule has 3 aromatic heterocycles. The molecule has 0 saturated heterocycles. The lowest BCUT2D eigenvalue weighted by Crippen LogP contribution is -2.04. The maximum absolute atomic E-state index is 5.38. The zero-order valence-electron chi connectivity index (χ0n) is 33.5. The molecule has 0 bridgehead atoms. The SMILES string of the molecule is c1ccc(-c2ccc(-c3ccccc3)c(-c3ccc(-n4c5ccccc5c5ccc6sc7ccccc7c6c54)c(-c4nc(-c5ccccc5)nc(-c5ccccc5)n4)c3)c2)cc1. The van der Waals surface area contributed by atoms with Crippen molar-refractivity contribution in [3.05, 3.63) is 218 Å². The van der Waals surface area contributed by atoms with Crippen LogP contribution in [0, 0.1) is 0 Å². The molecule has 5 heteroatoms. The second-order valence-electron chi connectivity index (χ2n) is 15.5. The highest BCUT2D eigenvalue weighted by molar-refractivity contribution is 7.26. The molecule has 0 aliphatic rings. The van der Waals surface area contributed by atoms with Gasteiger partial charge in [0.05, 0.1) is 16.7 Å². The Morgan fingerprint density at radius 2 is 0.871 bits per heavy atom. The zero-order chi connectivity index (χ0) is 41.0. The molecular formula is C57H36N4S. The number of nitrogens with zero attached hydrogens (tertiary/aromatic N) is 4. The van der Waals surface area contributed by atoms with E-state index >= 15 is 0 Å². The van der Waals surface area contributed by atoms with E-state index in [1.165, 1.54) is 42.0 Å². The number of hydrogen-bond acceptors (Lipinski definition) is 4. The van der Waals surface area contributed by atoms with Crippen LogP contribution in [0.2, 0.25) is 0 Å². The van der Waals surface area contributed by atoms with Crippen LogP contribution in [-0.2, 0) is 0 Å². The minimum atomic E-state index is 0.600. The Kier molecular flexibility index (Phi) is 8.65. The molecule has 0 N–H and O–H groups in total. The molecule has 12 aromatic rings. The fourth-order valence-corrected chi connectivity index (χ4v) is 10.1. The molecule has 290 valence electrons. The first-order valence-corrected chi connectivity index (χ1v) is 21.7. The van der Waals surface area contributed by atoms with Gasteiger partial charge in [-0.3, -0.25) is 0 Å². The van der Waals surface area contributed by atoms with E-state index in [9.17, 15) is 0 Å². The van der Waals surface area contributed by atoms with Gasteiger partial charge in [-0.15, -0.1) is 11.3 Å². The first kappa shape index (κ1) is 35.9. The average molecular weight is 809 g/mol. The first-order valence-electron chi connectivity index (χ1n) is 20.9. The second kappa shape index (κ2) is 14.9. The topological polar surface area (TPSA) is 43.6 Å². The van der Waals surface area contributed by atoms with E-state index in [1.807, 2.05) is 47.7 Å². The lowest BCUT2D eigenvalue weighted by molar-refractivity contribution is 1.06. The van der Waals surface area contributed by atoms with E-state index in [2.05, 4.69) is 187 Å². The van der Waals surface area contributed by atoms with Crippen molar-refractivity contribution in [2.45, 2.75) is 0 Å². The van der Waals surface area contributed by atoms with Crippen LogP contribution in [0.25, 0.3) is 115 Å². The fourth-order valence-electron chi connectivity index (χ4n) is 8.98. The van der Waals surface area contributed by atoms with Gasteiger partial charge in [-0.2, -0.15) is 0 Å². The van der Waals surface area contributed by atoms with Crippen LogP contribution in [0.3, 0.4) is 0 Å². The van der Waals surface area contributed by atoms with E-state index in [0.717, 1.165) is 55.7 Å². The van der Waals surface area contributed by atoms with Crippen LogP contribution < -0.4 is 0 Å². The molecule has 9 aromatic carbocycles. The van der Waals surface area contributed by atoms with Gasteiger partial charge in [0.1, 0.15) is 0 Å². The highest BCUT2D eigenvalue weighted by Crippen LogP contribution is 2.45. The molecular weight excluding hydrogens is 773 g/mol. The Morgan fingerprint density at radius 1 is 0.323 bits per heavy atom. The predicted molar refractivity (Wildman–Crippen MR) is 260 cm³/mol. The molecule has 0 spiro atoms. The largest absolute Gasteiger partial charge is 0.308 e. The van der Waals surface area contributed by atoms with Crippen LogP contribution in [0.1, 0.15) is 0 Å². The number of rotatable bonds is 7. The molecule has 0 aliphatic heterocycles. The number of aromatic nitrogens is 4. The van der Waals surface area contributed by atoms with E-state index in [4.69, 9.17) is 15.0 Å². The summed E-state index contributed by atoms with van der Waals surface area (Å²) in [5, 5.41) is 4.91.